The highest BCUT2D eigenvalue weighted by molar-refractivity contribution is 6.35. The molecule has 0 radical (unpaired) electrons. The van der Waals surface area contributed by atoms with Crippen molar-refractivity contribution in [2.75, 3.05) is 5.32 Å². The topological polar surface area (TPSA) is 75.6 Å². The van der Waals surface area contributed by atoms with Crippen LogP contribution in [0.25, 0.3) is 0 Å². The number of hydrogen-bond donors (Lipinski definition) is 2. The minimum Gasteiger partial charge on any atom is -0.507 e. The second-order valence-corrected chi connectivity index (χ2v) is 6.03. The Morgan fingerprint density at radius 2 is 1.88 bits per heavy atom. The average molecular weight is 368 g/mol. The number of amides is 1. The van der Waals surface area contributed by atoms with E-state index in [1.54, 1.807) is 25.1 Å². The first-order valence-corrected chi connectivity index (χ1v) is 7.80. The van der Waals surface area contributed by atoms with E-state index in [9.17, 15) is 14.7 Å². The van der Waals surface area contributed by atoms with Crippen LogP contribution in [0.2, 0.25) is 10.0 Å². The van der Waals surface area contributed by atoms with Crippen LogP contribution < -0.4 is 5.32 Å². The summed E-state index contributed by atoms with van der Waals surface area (Å²) in [6.07, 6.45) is -1.09. The summed E-state index contributed by atoms with van der Waals surface area (Å²) in [5, 5.41) is 13.0. The van der Waals surface area contributed by atoms with Crippen molar-refractivity contribution in [3.8, 4) is 5.75 Å². The van der Waals surface area contributed by atoms with Crippen molar-refractivity contribution in [2.24, 2.45) is 0 Å². The molecule has 0 aliphatic heterocycles. The molecular weight excluding hydrogens is 353 g/mol. The number of carbonyl (C=O) groups excluding carboxylic acids is 2. The molecule has 0 unspecified atom stereocenters. The van der Waals surface area contributed by atoms with Gasteiger partial charge in [-0.2, -0.15) is 0 Å². The first-order chi connectivity index (χ1) is 11.3. The molecule has 24 heavy (non-hydrogen) atoms. The molecule has 2 N–H and O–H groups in total. The monoisotopic (exact) mass is 367 g/mol. The number of ether oxygens (including phenoxy) is 1. The van der Waals surface area contributed by atoms with Gasteiger partial charge < -0.3 is 15.2 Å². The number of anilines is 1. The zero-order valence-corrected chi connectivity index (χ0v) is 14.5. The molecule has 126 valence electrons. The van der Waals surface area contributed by atoms with Crippen molar-refractivity contribution in [1.29, 1.82) is 0 Å². The molecule has 0 aliphatic rings. The summed E-state index contributed by atoms with van der Waals surface area (Å²) < 4.78 is 5.09. The molecule has 0 aromatic heterocycles. The standard InChI is InChI=1S/C17H15Cl2NO4/c1-9-3-6-15(21)12(7-9)17(23)24-10(2)16(22)20-14-8-11(18)4-5-13(14)19/h3-8,10,21H,1-2H3,(H,20,22)/t10-/m1/s1. The van der Waals surface area contributed by atoms with Crippen LogP contribution in [-0.4, -0.2) is 23.1 Å². The molecule has 0 fully saturated rings. The Bertz CT molecular complexity index is 792. The number of nitrogens with one attached hydrogen (secondary N) is 1. The lowest BCUT2D eigenvalue weighted by molar-refractivity contribution is -0.123. The molecule has 2 rings (SSSR count). The molecule has 0 spiro atoms. The normalized spacial score (nSPS) is 11.7. The highest BCUT2D eigenvalue weighted by Crippen LogP contribution is 2.26. The summed E-state index contributed by atoms with van der Waals surface area (Å²) in [6, 6.07) is 9.15. The zero-order chi connectivity index (χ0) is 17.9. The molecule has 2 aromatic rings. The lowest BCUT2D eigenvalue weighted by Gasteiger charge is -2.15. The Labute approximate surface area is 149 Å². The van der Waals surface area contributed by atoms with Gasteiger partial charge in [-0.3, -0.25) is 4.79 Å². The van der Waals surface area contributed by atoms with Crippen LogP contribution in [0.15, 0.2) is 36.4 Å². The lowest BCUT2D eigenvalue weighted by atomic mass is 10.1. The van der Waals surface area contributed by atoms with Crippen molar-refractivity contribution in [1.82, 2.24) is 0 Å². The number of hydrogen-bond acceptors (Lipinski definition) is 4. The van der Waals surface area contributed by atoms with E-state index in [4.69, 9.17) is 27.9 Å². The molecule has 0 bridgehead atoms. The Morgan fingerprint density at radius 1 is 1.17 bits per heavy atom. The number of phenols is 1. The summed E-state index contributed by atoms with van der Waals surface area (Å²) in [5.74, 6) is -1.58. The van der Waals surface area contributed by atoms with E-state index in [0.29, 0.717) is 15.7 Å². The summed E-state index contributed by atoms with van der Waals surface area (Å²) in [4.78, 5) is 24.2. The summed E-state index contributed by atoms with van der Waals surface area (Å²) in [6.45, 7) is 3.19. The number of esters is 1. The summed E-state index contributed by atoms with van der Waals surface area (Å²) in [5.41, 5.74) is 1.09. The smallest absolute Gasteiger partial charge is 0.342 e. The molecule has 1 amide bonds. The third-order valence-electron chi connectivity index (χ3n) is 3.21. The molecule has 0 heterocycles. The average Bonchev–Trinajstić information content (AvgIpc) is 2.53. The van der Waals surface area contributed by atoms with Crippen LogP contribution in [0.4, 0.5) is 5.69 Å². The maximum atomic E-state index is 12.1. The molecule has 2 aromatic carbocycles. The van der Waals surface area contributed by atoms with Gasteiger partial charge in [0.05, 0.1) is 10.7 Å². The summed E-state index contributed by atoms with van der Waals surface area (Å²) >= 11 is 11.8. The van der Waals surface area contributed by atoms with Gasteiger partial charge in [-0.25, -0.2) is 4.79 Å². The van der Waals surface area contributed by atoms with Gasteiger partial charge in [0.25, 0.3) is 5.91 Å². The number of rotatable bonds is 4. The van der Waals surface area contributed by atoms with E-state index >= 15 is 0 Å². The third-order valence-corrected chi connectivity index (χ3v) is 3.78. The minimum atomic E-state index is -1.09. The number of phenolic OH excluding ortho intramolecular Hbond substituents is 1. The highest BCUT2D eigenvalue weighted by Gasteiger charge is 2.21. The zero-order valence-electron chi connectivity index (χ0n) is 13.0. The molecule has 1 atom stereocenters. The fourth-order valence-electron chi connectivity index (χ4n) is 1.92. The number of halogens is 2. The molecule has 5 nitrogen and oxygen atoms in total. The van der Waals surface area contributed by atoms with E-state index in [1.807, 2.05) is 0 Å². The van der Waals surface area contributed by atoms with Gasteiger partial charge in [0.15, 0.2) is 6.10 Å². The molecule has 0 saturated heterocycles. The van der Waals surface area contributed by atoms with E-state index in [0.717, 1.165) is 5.56 Å². The number of carbonyl (C=O) groups is 2. The van der Waals surface area contributed by atoms with Crippen molar-refractivity contribution < 1.29 is 19.4 Å². The number of benzene rings is 2. The maximum absolute atomic E-state index is 12.1. The van der Waals surface area contributed by atoms with Gasteiger partial charge in [-0.15, -0.1) is 0 Å². The van der Waals surface area contributed by atoms with E-state index in [2.05, 4.69) is 5.32 Å². The second kappa shape index (κ2) is 7.55. The highest BCUT2D eigenvalue weighted by atomic mass is 35.5. The summed E-state index contributed by atoms with van der Waals surface area (Å²) in [7, 11) is 0. The predicted molar refractivity (Wildman–Crippen MR) is 92.8 cm³/mol. The van der Waals surface area contributed by atoms with Crippen molar-refractivity contribution in [2.45, 2.75) is 20.0 Å². The van der Waals surface area contributed by atoms with E-state index in [1.165, 1.54) is 25.1 Å². The molecule has 7 heteroatoms. The van der Waals surface area contributed by atoms with E-state index in [-0.39, 0.29) is 11.3 Å². The van der Waals surface area contributed by atoms with Crippen LogP contribution in [0, 0.1) is 6.92 Å². The number of aromatic hydroxyl groups is 1. The van der Waals surface area contributed by atoms with Crippen LogP contribution in [0.3, 0.4) is 0 Å². The van der Waals surface area contributed by atoms with Crippen LogP contribution in [0.5, 0.6) is 5.75 Å². The quantitative estimate of drug-likeness (QED) is 0.794. The van der Waals surface area contributed by atoms with Crippen LogP contribution >= 0.6 is 23.2 Å². The van der Waals surface area contributed by atoms with E-state index < -0.39 is 18.0 Å². The van der Waals surface area contributed by atoms with Crippen LogP contribution in [-0.2, 0) is 9.53 Å². The van der Waals surface area contributed by atoms with Gasteiger partial charge >= 0.3 is 5.97 Å². The largest absolute Gasteiger partial charge is 0.507 e. The fourth-order valence-corrected chi connectivity index (χ4v) is 2.26. The number of aryl methyl sites for hydroxylation is 1. The SMILES string of the molecule is Cc1ccc(O)c(C(=O)O[C@H](C)C(=O)Nc2cc(Cl)ccc2Cl)c1. The van der Waals surface area contributed by atoms with Crippen LogP contribution in [0.1, 0.15) is 22.8 Å². The Balaban J connectivity index is 2.07. The van der Waals surface area contributed by atoms with Gasteiger partial charge in [0, 0.05) is 5.02 Å². The van der Waals surface area contributed by atoms with Gasteiger partial charge in [0.1, 0.15) is 11.3 Å². The lowest BCUT2D eigenvalue weighted by Crippen LogP contribution is -2.30. The fraction of sp³-hybridized carbons (Fsp3) is 0.176. The Kier molecular flexibility index (Phi) is 5.70. The maximum Gasteiger partial charge on any atom is 0.342 e. The van der Waals surface area contributed by atoms with Crippen molar-refractivity contribution in [3.63, 3.8) is 0 Å². The first kappa shape index (κ1) is 18.1. The van der Waals surface area contributed by atoms with Gasteiger partial charge in [-0.05, 0) is 44.2 Å². The van der Waals surface area contributed by atoms with Gasteiger partial charge in [0.2, 0.25) is 0 Å². The Morgan fingerprint density at radius 3 is 2.58 bits per heavy atom. The van der Waals surface area contributed by atoms with Gasteiger partial charge in [-0.1, -0.05) is 34.8 Å². The second-order valence-electron chi connectivity index (χ2n) is 5.18. The van der Waals surface area contributed by atoms with Crippen molar-refractivity contribution in [3.05, 3.63) is 57.6 Å². The first-order valence-electron chi connectivity index (χ1n) is 7.04. The molecule has 0 saturated carbocycles. The molecular formula is C17H15Cl2NO4. The minimum absolute atomic E-state index is 0.00422. The third kappa shape index (κ3) is 4.40. The molecule has 0 aliphatic carbocycles. The Hall–Kier alpha value is -2.24. The predicted octanol–water partition coefficient (Wildman–Crippen LogP) is 4.19. The van der Waals surface area contributed by atoms with Crippen molar-refractivity contribution >= 4 is 40.8 Å².